The summed E-state index contributed by atoms with van der Waals surface area (Å²) in [6, 6.07) is 7.36. The zero-order valence-electron chi connectivity index (χ0n) is 11.3. The van der Waals surface area contributed by atoms with Crippen LogP contribution < -0.4 is 10.6 Å². The molecule has 0 atom stereocenters. The van der Waals surface area contributed by atoms with Crippen LogP contribution >= 0.6 is 15.9 Å². The molecule has 1 amide bonds. The largest absolute Gasteiger partial charge is 0.481 e. The van der Waals surface area contributed by atoms with Crippen LogP contribution in [0.15, 0.2) is 34.4 Å². The molecule has 6 nitrogen and oxygen atoms in total. The van der Waals surface area contributed by atoms with Crippen LogP contribution in [0.2, 0.25) is 0 Å². The standard InChI is InChI=1S/C14H14BrN3O3/c1-9-2-3-12(11(15)6-9)18-8-10(7-16)14(21)17-5-4-13(19)20/h2-3,6,8,18H,4-5H2,1H3,(H,17,21)(H,19,20)/b10-8-. The molecule has 0 bridgehead atoms. The maximum Gasteiger partial charge on any atom is 0.305 e. The van der Waals surface area contributed by atoms with Crippen LogP contribution in [0.3, 0.4) is 0 Å². The van der Waals surface area contributed by atoms with E-state index in [0.717, 1.165) is 10.0 Å². The summed E-state index contributed by atoms with van der Waals surface area (Å²) in [6.07, 6.45) is 1.09. The van der Waals surface area contributed by atoms with E-state index in [4.69, 9.17) is 10.4 Å². The summed E-state index contributed by atoms with van der Waals surface area (Å²) in [5.74, 6) is -1.63. The lowest BCUT2D eigenvalue weighted by Gasteiger charge is -2.06. The molecule has 0 saturated heterocycles. The van der Waals surface area contributed by atoms with E-state index in [1.807, 2.05) is 25.1 Å². The number of benzene rings is 1. The minimum Gasteiger partial charge on any atom is -0.481 e. The highest BCUT2D eigenvalue weighted by atomic mass is 79.9. The third-order valence-electron chi connectivity index (χ3n) is 2.49. The van der Waals surface area contributed by atoms with Gasteiger partial charge < -0.3 is 15.7 Å². The summed E-state index contributed by atoms with van der Waals surface area (Å²) in [6.45, 7) is 1.92. The maximum atomic E-state index is 11.7. The summed E-state index contributed by atoms with van der Waals surface area (Å²) < 4.78 is 0.808. The average Bonchev–Trinajstić information content (AvgIpc) is 2.41. The molecule has 110 valence electrons. The van der Waals surface area contributed by atoms with E-state index >= 15 is 0 Å². The van der Waals surface area contributed by atoms with Crippen molar-refractivity contribution in [2.45, 2.75) is 13.3 Å². The second-order valence-electron chi connectivity index (χ2n) is 4.20. The molecule has 1 rings (SSSR count). The topological polar surface area (TPSA) is 102 Å². The number of aliphatic carboxylic acids is 1. The number of carbonyl (C=O) groups excluding carboxylic acids is 1. The Hall–Kier alpha value is -2.33. The van der Waals surface area contributed by atoms with Gasteiger partial charge in [0, 0.05) is 17.2 Å². The summed E-state index contributed by atoms with van der Waals surface area (Å²) in [5.41, 5.74) is 1.66. The first-order valence-corrected chi connectivity index (χ1v) is 6.86. The molecule has 7 heteroatoms. The van der Waals surface area contributed by atoms with E-state index < -0.39 is 11.9 Å². The molecular formula is C14H14BrN3O3. The molecule has 0 aliphatic carbocycles. The van der Waals surface area contributed by atoms with Crippen LogP contribution in [0.25, 0.3) is 0 Å². The molecule has 0 unspecified atom stereocenters. The maximum absolute atomic E-state index is 11.7. The summed E-state index contributed by atoms with van der Waals surface area (Å²) >= 11 is 3.37. The van der Waals surface area contributed by atoms with E-state index in [9.17, 15) is 9.59 Å². The second kappa shape index (κ2) is 8.07. The fourth-order valence-electron chi connectivity index (χ4n) is 1.41. The lowest BCUT2D eigenvalue weighted by Crippen LogP contribution is -2.27. The van der Waals surface area contributed by atoms with Gasteiger partial charge in [-0.3, -0.25) is 9.59 Å². The fourth-order valence-corrected chi connectivity index (χ4v) is 2.02. The highest BCUT2D eigenvalue weighted by Gasteiger charge is 2.09. The molecule has 0 fully saturated rings. The number of hydrogen-bond donors (Lipinski definition) is 3. The number of aryl methyl sites for hydroxylation is 1. The molecule has 0 saturated carbocycles. The van der Waals surface area contributed by atoms with Gasteiger partial charge in [0.25, 0.3) is 5.91 Å². The van der Waals surface area contributed by atoms with Gasteiger partial charge in [0.1, 0.15) is 11.6 Å². The summed E-state index contributed by atoms with van der Waals surface area (Å²) in [5, 5.41) is 22.7. The molecule has 1 aromatic carbocycles. The monoisotopic (exact) mass is 351 g/mol. The first kappa shape index (κ1) is 16.7. The highest BCUT2D eigenvalue weighted by molar-refractivity contribution is 9.10. The Morgan fingerprint density at radius 2 is 2.19 bits per heavy atom. The third kappa shape index (κ3) is 5.67. The minimum atomic E-state index is -1.01. The van der Waals surface area contributed by atoms with Crippen molar-refractivity contribution in [3.05, 3.63) is 40.0 Å². The van der Waals surface area contributed by atoms with Crippen LogP contribution in [-0.4, -0.2) is 23.5 Å². The van der Waals surface area contributed by atoms with Crippen molar-refractivity contribution >= 4 is 33.5 Å². The number of nitrogens with one attached hydrogen (secondary N) is 2. The van der Waals surface area contributed by atoms with Gasteiger partial charge in [-0.15, -0.1) is 0 Å². The van der Waals surface area contributed by atoms with E-state index in [1.165, 1.54) is 6.20 Å². The summed E-state index contributed by atoms with van der Waals surface area (Å²) in [4.78, 5) is 22.0. The van der Waals surface area contributed by atoms with E-state index in [-0.39, 0.29) is 18.5 Å². The van der Waals surface area contributed by atoms with Crippen molar-refractivity contribution in [3.8, 4) is 6.07 Å². The first-order valence-electron chi connectivity index (χ1n) is 6.07. The molecule has 3 N–H and O–H groups in total. The molecule has 0 aromatic heterocycles. The first-order chi connectivity index (χ1) is 9.93. The van der Waals surface area contributed by atoms with Crippen molar-refractivity contribution in [3.63, 3.8) is 0 Å². The fraction of sp³-hybridized carbons (Fsp3) is 0.214. The quantitative estimate of drug-likeness (QED) is 0.538. The number of carboxylic acid groups (broad SMARTS) is 1. The van der Waals surface area contributed by atoms with Crippen LogP contribution in [0.1, 0.15) is 12.0 Å². The summed E-state index contributed by atoms with van der Waals surface area (Å²) in [7, 11) is 0. The number of rotatable bonds is 6. The van der Waals surface area contributed by atoms with Gasteiger partial charge in [0.15, 0.2) is 0 Å². The number of hydrogen-bond acceptors (Lipinski definition) is 4. The number of halogens is 1. The van der Waals surface area contributed by atoms with Crippen molar-refractivity contribution in [1.29, 1.82) is 5.26 Å². The highest BCUT2D eigenvalue weighted by Crippen LogP contribution is 2.23. The Morgan fingerprint density at radius 3 is 2.76 bits per heavy atom. The van der Waals surface area contributed by atoms with Crippen LogP contribution in [0, 0.1) is 18.3 Å². The van der Waals surface area contributed by atoms with Gasteiger partial charge in [-0.05, 0) is 40.5 Å². The Balaban J connectivity index is 2.69. The predicted molar refractivity (Wildman–Crippen MR) is 81.5 cm³/mol. The van der Waals surface area contributed by atoms with Crippen molar-refractivity contribution < 1.29 is 14.7 Å². The van der Waals surface area contributed by atoms with Gasteiger partial charge in [-0.1, -0.05) is 6.07 Å². The van der Waals surface area contributed by atoms with Crippen LogP contribution in [-0.2, 0) is 9.59 Å². The lowest BCUT2D eigenvalue weighted by atomic mass is 10.2. The van der Waals surface area contributed by atoms with Crippen molar-refractivity contribution in [1.82, 2.24) is 5.32 Å². The van der Waals surface area contributed by atoms with Gasteiger partial charge >= 0.3 is 5.97 Å². The Bertz CT molecular complexity index is 620. The van der Waals surface area contributed by atoms with Gasteiger partial charge in [0.2, 0.25) is 0 Å². The Kier molecular flexibility index (Phi) is 6.43. The second-order valence-corrected chi connectivity index (χ2v) is 5.05. The van der Waals surface area contributed by atoms with Crippen molar-refractivity contribution in [2.75, 3.05) is 11.9 Å². The Labute approximate surface area is 130 Å². The molecule has 0 aliphatic rings. The molecular weight excluding hydrogens is 338 g/mol. The van der Waals surface area contributed by atoms with Crippen LogP contribution in [0.5, 0.6) is 0 Å². The third-order valence-corrected chi connectivity index (χ3v) is 3.14. The van der Waals surface area contributed by atoms with E-state index in [0.29, 0.717) is 5.69 Å². The average molecular weight is 352 g/mol. The molecule has 1 aromatic rings. The zero-order chi connectivity index (χ0) is 15.8. The normalized spacial score (nSPS) is 10.6. The number of carboxylic acids is 1. The molecule has 0 aliphatic heterocycles. The lowest BCUT2D eigenvalue weighted by molar-refractivity contribution is -0.136. The van der Waals surface area contributed by atoms with Gasteiger partial charge in [-0.25, -0.2) is 0 Å². The molecule has 0 spiro atoms. The Morgan fingerprint density at radius 1 is 1.48 bits per heavy atom. The number of nitriles is 1. The van der Waals surface area contributed by atoms with Crippen LogP contribution in [0.4, 0.5) is 5.69 Å². The molecule has 21 heavy (non-hydrogen) atoms. The smallest absolute Gasteiger partial charge is 0.305 e. The number of amides is 1. The predicted octanol–water partition coefficient (Wildman–Crippen LogP) is 2.17. The van der Waals surface area contributed by atoms with Gasteiger partial charge in [-0.2, -0.15) is 5.26 Å². The van der Waals surface area contributed by atoms with Gasteiger partial charge in [0.05, 0.1) is 12.1 Å². The van der Waals surface area contributed by atoms with Crippen molar-refractivity contribution in [2.24, 2.45) is 0 Å². The SMILES string of the molecule is Cc1ccc(N/C=C(/C#N)C(=O)NCCC(=O)O)c(Br)c1. The minimum absolute atomic E-state index is 0.0264. The number of anilines is 1. The van der Waals surface area contributed by atoms with E-state index in [1.54, 1.807) is 6.07 Å². The number of nitrogens with zero attached hydrogens (tertiary/aromatic N) is 1. The molecule has 0 heterocycles. The number of carbonyl (C=O) groups is 2. The zero-order valence-corrected chi connectivity index (χ0v) is 12.9. The molecule has 0 radical (unpaired) electrons. The van der Waals surface area contributed by atoms with E-state index in [2.05, 4.69) is 26.6 Å².